The van der Waals surface area contributed by atoms with Crippen LogP contribution < -0.4 is 18.4 Å². The molecule has 0 unspecified atom stereocenters. The van der Waals surface area contributed by atoms with Gasteiger partial charge < -0.3 is 0 Å². The summed E-state index contributed by atoms with van der Waals surface area (Å²) in [5.74, 6) is -4.16. The van der Waals surface area contributed by atoms with E-state index in [0.29, 0.717) is 17.5 Å². The number of carbonyl (C=O) groups excluding carboxylic acids is 2. The Labute approximate surface area is 281 Å². The summed E-state index contributed by atoms with van der Waals surface area (Å²) in [6.07, 6.45) is 10.7. The summed E-state index contributed by atoms with van der Waals surface area (Å²) in [7, 11) is 0. The minimum absolute atomic E-state index is 0.218. The fraction of sp³-hybridized carbons (Fsp3) is 0.0556. The van der Waals surface area contributed by atoms with Crippen molar-refractivity contribution in [2.45, 2.75) is 22.6 Å². The number of benzene rings is 4. The van der Waals surface area contributed by atoms with Crippen LogP contribution in [0.15, 0.2) is 139 Å². The molecule has 0 radical (unpaired) electrons. The van der Waals surface area contributed by atoms with E-state index in [0.717, 1.165) is 47.8 Å². The van der Waals surface area contributed by atoms with Crippen LogP contribution in [0.2, 0.25) is 0 Å². The Bertz CT molecular complexity index is 1840. The molecular formula is C36H26F4N2O2S2Ti. The molecule has 0 saturated carbocycles. The van der Waals surface area contributed by atoms with Gasteiger partial charge in [0.2, 0.25) is 0 Å². The van der Waals surface area contributed by atoms with Crippen molar-refractivity contribution in [2.75, 3.05) is 10.6 Å². The van der Waals surface area contributed by atoms with E-state index in [1.807, 2.05) is 0 Å². The Hall–Kier alpha value is -4.09. The number of carbonyl (C=O) groups is 2. The Morgan fingerprint density at radius 3 is 1.34 bits per heavy atom. The molecule has 0 spiro atoms. The van der Waals surface area contributed by atoms with Crippen molar-refractivity contribution in [3.05, 3.63) is 152 Å². The van der Waals surface area contributed by atoms with E-state index >= 15 is 17.6 Å². The van der Waals surface area contributed by atoms with Gasteiger partial charge in [0.15, 0.2) is 0 Å². The van der Waals surface area contributed by atoms with Crippen molar-refractivity contribution in [1.29, 1.82) is 0 Å². The van der Waals surface area contributed by atoms with Crippen LogP contribution in [0, 0.1) is 23.3 Å². The van der Waals surface area contributed by atoms with Crippen molar-refractivity contribution in [3.8, 4) is 0 Å². The maximum absolute atomic E-state index is 16.9. The number of allylic oxidation sites excluding steroid dienone is 8. The van der Waals surface area contributed by atoms with Crippen molar-refractivity contribution < 1.29 is 43.7 Å². The first-order valence-corrected chi connectivity index (χ1v) is 19.3. The Balaban J connectivity index is 1.50. The molecule has 4 aromatic rings. The molecule has 2 aliphatic carbocycles. The second kappa shape index (κ2) is 14.4. The SMILES string of the molecule is O=C(Nc1ccc(F)[c]([Ti]([C]2=CC=CC2)([C]2=CC=CC2)[c]2c(F)ccc(NC(=O)Sc3ccccc3)c2F)c1F)Sc1ccccc1. The summed E-state index contributed by atoms with van der Waals surface area (Å²) in [5.41, 5.74) is -0.625. The summed E-state index contributed by atoms with van der Waals surface area (Å²) in [6, 6.07) is 21.7. The minimum atomic E-state index is -5.18. The third-order valence-corrected chi connectivity index (χ3v) is 17.4. The molecule has 0 bridgehead atoms. The molecule has 0 fully saturated rings. The fourth-order valence-corrected chi connectivity index (χ4v) is 15.5. The Kier molecular flexibility index (Phi) is 10.0. The van der Waals surface area contributed by atoms with E-state index < -0.39 is 58.1 Å². The van der Waals surface area contributed by atoms with Gasteiger partial charge in [0.1, 0.15) is 0 Å². The summed E-state index contributed by atoms with van der Waals surface area (Å²) in [6.45, 7) is 0. The standard InChI is InChI=1S/2C13H8F2NOS.2C5H5.Ti/c2*14-9-6-7-12(11(15)8-9)16-13(17)18-10-4-2-1-3-5-10;2*1-2-4-5-3-1;/h2*1-7H,(H,16,17);2*1-3H,4H2;. The molecule has 0 aliphatic heterocycles. The maximum atomic E-state index is 16.9. The summed E-state index contributed by atoms with van der Waals surface area (Å²) in [4.78, 5) is 27.1. The molecule has 236 valence electrons. The van der Waals surface area contributed by atoms with Crippen LogP contribution in [0.3, 0.4) is 0 Å². The fourth-order valence-electron chi connectivity index (χ4n) is 5.87. The molecule has 2 amide bonds. The first kappa shape index (κ1) is 32.8. The zero-order valence-electron chi connectivity index (χ0n) is 24.6. The molecule has 4 aromatic carbocycles. The number of hydrogen-bond donors (Lipinski definition) is 2. The second-order valence-corrected chi connectivity index (χ2v) is 18.6. The van der Waals surface area contributed by atoms with Crippen LogP contribution in [0.25, 0.3) is 0 Å². The molecule has 0 saturated heterocycles. The first-order chi connectivity index (χ1) is 22.8. The normalized spacial score (nSPS) is 13.8. The van der Waals surface area contributed by atoms with Crippen LogP contribution >= 0.6 is 23.5 Å². The van der Waals surface area contributed by atoms with Gasteiger partial charge in [0.05, 0.1) is 0 Å². The molecule has 0 atom stereocenters. The molecule has 2 aliphatic rings. The number of halogens is 4. The predicted molar refractivity (Wildman–Crippen MR) is 178 cm³/mol. The van der Waals surface area contributed by atoms with E-state index in [1.165, 1.54) is 0 Å². The molecular weight excluding hydrogens is 680 g/mol. The number of rotatable bonds is 8. The quantitative estimate of drug-likeness (QED) is 0.109. The van der Waals surface area contributed by atoms with Gasteiger partial charge in [0.25, 0.3) is 0 Å². The topological polar surface area (TPSA) is 58.2 Å². The number of amides is 2. The van der Waals surface area contributed by atoms with Gasteiger partial charge in [0, 0.05) is 0 Å². The zero-order chi connectivity index (χ0) is 33.0. The van der Waals surface area contributed by atoms with Crippen LogP contribution in [-0.2, 0) is 16.6 Å². The number of thioether (sulfide) groups is 2. The van der Waals surface area contributed by atoms with Crippen LogP contribution in [0.1, 0.15) is 12.8 Å². The van der Waals surface area contributed by atoms with Gasteiger partial charge in [-0.15, -0.1) is 0 Å². The predicted octanol–water partition coefficient (Wildman–Crippen LogP) is 9.68. The van der Waals surface area contributed by atoms with E-state index in [9.17, 15) is 9.59 Å². The molecule has 4 nitrogen and oxygen atoms in total. The third kappa shape index (κ3) is 6.69. The zero-order valence-corrected chi connectivity index (χ0v) is 27.8. The molecule has 11 heteroatoms. The molecule has 0 aromatic heterocycles. The van der Waals surface area contributed by atoms with E-state index in [2.05, 4.69) is 10.6 Å². The average Bonchev–Trinajstić information content (AvgIpc) is 3.80. The van der Waals surface area contributed by atoms with Gasteiger partial charge in [-0.2, -0.15) is 0 Å². The van der Waals surface area contributed by atoms with Crippen molar-refractivity contribution in [2.24, 2.45) is 0 Å². The van der Waals surface area contributed by atoms with Crippen molar-refractivity contribution >= 4 is 53.1 Å². The van der Waals surface area contributed by atoms with Crippen LogP contribution in [-0.4, -0.2) is 10.5 Å². The molecule has 6 rings (SSSR count). The summed E-state index contributed by atoms with van der Waals surface area (Å²) >= 11 is -3.53. The van der Waals surface area contributed by atoms with Crippen LogP contribution in [0.5, 0.6) is 0 Å². The van der Waals surface area contributed by atoms with Gasteiger partial charge in [-0.05, 0) is 0 Å². The van der Waals surface area contributed by atoms with Gasteiger partial charge in [-0.3, -0.25) is 0 Å². The van der Waals surface area contributed by atoms with E-state index in [-0.39, 0.29) is 24.2 Å². The summed E-state index contributed by atoms with van der Waals surface area (Å²) < 4.78 is 66.5. The van der Waals surface area contributed by atoms with Gasteiger partial charge in [-0.1, -0.05) is 0 Å². The Morgan fingerprint density at radius 1 is 0.574 bits per heavy atom. The Morgan fingerprint density at radius 2 is 0.979 bits per heavy atom. The first-order valence-electron chi connectivity index (χ1n) is 14.6. The molecule has 2 N–H and O–H groups in total. The third-order valence-electron chi connectivity index (χ3n) is 7.82. The second-order valence-electron chi connectivity index (χ2n) is 10.6. The van der Waals surface area contributed by atoms with E-state index in [4.69, 9.17) is 0 Å². The van der Waals surface area contributed by atoms with Gasteiger partial charge in [-0.25, -0.2) is 0 Å². The number of nitrogens with one attached hydrogen (secondary N) is 2. The van der Waals surface area contributed by atoms with E-state index in [1.54, 1.807) is 97.1 Å². The van der Waals surface area contributed by atoms with Gasteiger partial charge >= 0.3 is 283 Å². The molecule has 47 heavy (non-hydrogen) atoms. The van der Waals surface area contributed by atoms with Crippen molar-refractivity contribution in [1.82, 2.24) is 0 Å². The molecule has 0 heterocycles. The summed E-state index contributed by atoms with van der Waals surface area (Å²) in [5, 5.41) is 3.80. The van der Waals surface area contributed by atoms with Crippen molar-refractivity contribution in [3.63, 3.8) is 0 Å². The monoisotopic (exact) mass is 706 g/mol. The number of anilines is 2. The number of hydrogen-bond acceptors (Lipinski definition) is 4. The average molecular weight is 707 g/mol. The van der Waals surface area contributed by atoms with Crippen LogP contribution in [0.4, 0.5) is 38.5 Å².